The number of halogens is 5. The molecule has 0 unspecified atom stereocenters. The van der Waals surface area contributed by atoms with Crippen LogP contribution in [-0.4, -0.2) is 0 Å². The molecule has 0 bridgehead atoms. The maximum absolute atomic E-state index is 2.39. The Morgan fingerprint density at radius 3 is 1.09 bits per heavy atom. The van der Waals surface area contributed by atoms with Gasteiger partial charge >= 0.3 is 50.5 Å². The fourth-order valence-corrected chi connectivity index (χ4v) is 4.14. The Hall–Kier alpha value is 1.31. The molecule has 0 heterocycles. The van der Waals surface area contributed by atoms with Gasteiger partial charge in [-0.1, -0.05) is 136 Å². The fourth-order valence-electron chi connectivity index (χ4n) is 4.14. The molecule has 0 fully saturated rings. The molecule has 3 aromatic rings. The second-order valence-corrected chi connectivity index (χ2v) is 27.1. The summed E-state index contributed by atoms with van der Waals surface area (Å²) in [7, 11) is 0. The number of hydrogen-bond donors (Lipinski definition) is 0. The van der Waals surface area contributed by atoms with Gasteiger partial charge in [0, 0.05) is 42.6 Å². The van der Waals surface area contributed by atoms with E-state index in [0.29, 0.717) is 13.3 Å². The van der Waals surface area contributed by atoms with Crippen LogP contribution in [0.15, 0.2) is 72.8 Å². The number of rotatable bonds is 0. The van der Waals surface area contributed by atoms with E-state index in [1.54, 1.807) is 0 Å². The maximum atomic E-state index is 2.39. The van der Waals surface area contributed by atoms with E-state index in [1.165, 1.54) is 33.4 Å². The SMILES string of the molecule is C.CC(C)(C)c1ccc(C(C)(C)C)cc1.CC1(C)c2ccccc2-c2ccccc21.II.I[I-]I. The van der Waals surface area contributed by atoms with Crippen LogP contribution in [0, 0.1) is 0 Å². The molecule has 1 aliphatic carbocycles. The molecular formula is C30H40I5-. The Bertz CT molecular complexity index is 929. The van der Waals surface area contributed by atoms with E-state index in [2.05, 4.69) is 203 Å². The number of hydrogen-bond acceptors (Lipinski definition) is 0. The van der Waals surface area contributed by atoms with Gasteiger partial charge in [0.05, 0.1) is 0 Å². The first kappa shape index (κ1) is 36.3. The summed E-state index contributed by atoms with van der Waals surface area (Å²) in [5.74, 6) is 0. The van der Waals surface area contributed by atoms with Gasteiger partial charge in [0.1, 0.15) is 0 Å². The number of benzene rings is 3. The van der Waals surface area contributed by atoms with E-state index in [9.17, 15) is 0 Å². The zero-order valence-electron chi connectivity index (χ0n) is 21.3. The molecule has 0 saturated carbocycles. The summed E-state index contributed by atoms with van der Waals surface area (Å²) in [6, 6.07) is 26.5. The van der Waals surface area contributed by atoms with Crippen molar-refractivity contribution in [2.24, 2.45) is 0 Å². The first-order valence-electron chi connectivity index (χ1n) is 11.2. The van der Waals surface area contributed by atoms with Crippen molar-refractivity contribution in [3.05, 3.63) is 95.1 Å². The van der Waals surface area contributed by atoms with Gasteiger partial charge in [-0.2, -0.15) is 0 Å². The average Bonchev–Trinajstić information content (AvgIpc) is 3.03. The van der Waals surface area contributed by atoms with Crippen molar-refractivity contribution in [1.82, 2.24) is 0 Å². The summed E-state index contributed by atoms with van der Waals surface area (Å²) in [5, 5.41) is 0. The Morgan fingerprint density at radius 1 is 0.571 bits per heavy atom. The molecule has 4 rings (SSSR count). The molecule has 5 heteroatoms. The van der Waals surface area contributed by atoms with Gasteiger partial charge in [0.25, 0.3) is 0 Å². The Labute approximate surface area is 268 Å². The quantitative estimate of drug-likeness (QED) is 0.197. The van der Waals surface area contributed by atoms with Gasteiger partial charge in [0.2, 0.25) is 0 Å². The van der Waals surface area contributed by atoms with E-state index in [4.69, 9.17) is 0 Å². The third-order valence-corrected chi connectivity index (χ3v) is 6.11. The molecule has 0 radical (unpaired) electrons. The van der Waals surface area contributed by atoms with Gasteiger partial charge in [0.15, 0.2) is 0 Å². The van der Waals surface area contributed by atoms with Crippen molar-refractivity contribution in [2.45, 2.75) is 79.1 Å². The van der Waals surface area contributed by atoms with Gasteiger partial charge in [-0.05, 0) is 44.2 Å². The molecule has 0 N–H and O–H groups in total. The molecule has 0 nitrogen and oxygen atoms in total. The minimum absolute atomic E-state index is 0. The van der Waals surface area contributed by atoms with Crippen molar-refractivity contribution in [3.8, 4) is 11.1 Å². The Morgan fingerprint density at radius 2 is 0.829 bits per heavy atom. The third kappa shape index (κ3) is 10.4. The van der Waals surface area contributed by atoms with E-state index >= 15 is 0 Å². The molecule has 0 spiro atoms. The monoisotopic (exact) mass is 1030 g/mol. The standard InChI is InChI=1S/C15H14.C14H22.CH4.I3.I2/c1-15(2)13-9-5-3-7-11(13)12-8-4-6-10-14(12)15;1-13(2,3)11-7-9-12(10-8-11)14(4,5)6;;1-3-2;1-2/h3-10H,1-2H3;7-10H,1-6H3;1H4;;/q;;;-1;. The Balaban J connectivity index is 0.000000547. The van der Waals surface area contributed by atoms with Crippen LogP contribution in [0.3, 0.4) is 0 Å². The first-order chi connectivity index (χ1) is 15.8. The second kappa shape index (κ2) is 16.4. The van der Waals surface area contributed by atoms with Gasteiger partial charge in [-0.3, -0.25) is 0 Å². The number of fused-ring (bicyclic) bond motifs is 3. The summed E-state index contributed by atoms with van der Waals surface area (Å²) < 4.78 is 0. The van der Waals surface area contributed by atoms with E-state index in [0.717, 1.165) is 0 Å². The zero-order valence-corrected chi connectivity index (χ0v) is 32.1. The van der Waals surface area contributed by atoms with Crippen molar-refractivity contribution < 1.29 is 13.3 Å². The average molecular weight is 1040 g/mol. The van der Waals surface area contributed by atoms with Crippen molar-refractivity contribution in [2.75, 3.05) is 0 Å². The molecule has 196 valence electrons. The molecule has 3 aromatic carbocycles. The summed E-state index contributed by atoms with van der Waals surface area (Å²) in [6.45, 7) is 18.1. The molecule has 1 aliphatic rings. The van der Waals surface area contributed by atoms with E-state index < -0.39 is 0 Å². The summed E-state index contributed by atoms with van der Waals surface area (Å²) in [6.07, 6.45) is 0. The predicted octanol–water partition coefficient (Wildman–Crippen LogP) is 9.46. The topological polar surface area (TPSA) is 0 Å². The van der Waals surface area contributed by atoms with Crippen molar-refractivity contribution >= 4 is 74.5 Å². The van der Waals surface area contributed by atoms with Crippen LogP contribution in [0.1, 0.15) is 85.1 Å². The van der Waals surface area contributed by atoms with Gasteiger partial charge in [-0.15, -0.1) is 0 Å². The van der Waals surface area contributed by atoms with Crippen LogP contribution >= 0.6 is 74.5 Å². The van der Waals surface area contributed by atoms with Crippen LogP contribution in [0.25, 0.3) is 11.1 Å². The van der Waals surface area contributed by atoms with Gasteiger partial charge in [-0.25, -0.2) is 0 Å². The molecular weight excluding hydrogens is 995 g/mol. The minimum atomic E-state index is 0. The first-order valence-corrected chi connectivity index (χ1v) is 30.0. The molecule has 0 atom stereocenters. The van der Waals surface area contributed by atoms with Crippen LogP contribution in [0.5, 0.6) is 0 Å². The van der Waals surface area contributed by atoms with Crippen LogP contribution < -0.4 is 13.3 Å². The molecule has 0 saturated heterocycles. The molecule has 35 heavy (non-hydrogen) atoms. The van der Waals surface area contributed by atoms with E-state index in [1.807, 2.05) is 0 Å². The zero-order chi connectivity index (χ0) is 26.2. The predicted molar refractivity (Wildman–Crippen MR) is 191 cm³/mol. The molecule has 0 aliphatic heterocycles. The normalized spacial score (nSPS) is 12.8. The van der Waals surface area contributed by atoms with E-state index in [-0.39, 0.29) is 23.7 Å². The molecule has 0 amide bonds. The molecule has 0 aromatic heterocycles. The van der Waals surface area contributed by atoms with Gasteiger partial charge < -0.3 is 0 Å². The Kier molecular flexibility index (Phi) is 17.0. The second-order valence-electron chi connectivity index (χ2n) is 10.8. The van der Waals surface area contributed by atoms with Crippen molar-refractivity contribution in [3.63, 3.8) is 0 Å². The summed E-state index contributed by atoms with van der Waals surface area (Å²) in [4.78, 5) is 0. The summed E-state index contributed by atoms with van der Waals surface area (Å²) >= 11 is 9.54. The van der Waals surface area contributed by atoms with Crippen LogP contribution in [-0.2, 0) is 16.2 Å². The van der Waals surface area contributed by atoms with Crippen molar-refractivity contribution in [1.29, 1.82) is 0 Å². The van der Waals surface area contributed by atoms with Crippen LogP contribution in [0.4, 0.5) is 0 Å². The fraction of sp³-hybridized carbons (Fsp3) is 0.400. The third-order valence-electron chi connectivity index (χ3n) is 6.11. The summed E-state index contributed by atoms with van der Waals surface area (Å²) in [5.41, 5.74) is 9.20. The van der Waals surface area contributed by atoms with Crippen LogP contribution in [0.2, 0.25) is 0 Å².